The summed E-state index contributed by atoms with van der Waals surface area (Å²) in [6.07, 6.45) is 0. The van der Waals surface area contributed by atoms with Crippen LogP contribution >= 0.6 is 0 Å². The zero-order chi connectivity index (χ0) is 11.3. The van der Waals surface area contributed by atoms with Gasteiger partial charge >= 0.3 is 5.97 Å². The lowest BCUT2D eigenvalue weighted by Crippen LogP contribution is -2.29. The molecule has 15 heavy (non-hydrogen) atoms. The Hall–Kier alpha value is -1.35. The number of carbonyl (C=O) groups excluding carboxylic acids is 1. The van der Waals surface area contributed by atoms with Crippen LogP contribution in [0.15, 0.2) is 30.3 Å². The van der Waals surface area contributed by atoms with Crippen molar-refractivity contribution in [2.45, 2.75) is 25.8 Å². The van der Waals surface area contributed by atoms with E-state index in [9.17, 15) is 4.79 Å². The standard InChI is InChI=1S/C12H17NO2/c1-9(8-15-12(14)10(2)13)11-6-4-3-5-7-11/h3-7,9-10H,8,13H2,1-2H3/t9?,10-/m0/s1. The average Bonchev–Trinajstić information content (AvgIpc) is 2.26. The maximum atomic E-state index is 11.1. The Morgan fingerprint density at radius 3 is 2.47 bits per heavy atom. The summed E-state index contributed by atoms with van der Waals surface area (Å²) in [6.45, 7) is 4.02. The van der Waals surface area contributed by atoms with Gasteiger partial charge in [0, 0.05) is 5.92 Å². The summed E-state index contributed by atoms with van der Waals surface area (Å²) in [6, 6.07) is 9.39. The van der Waals surface area contributed by atoms with Crippen molar-refractivity contribution in [1.82, 2.24) is 0 Å². The Morgan fingerprint density at radius 1 is 1.33 bits per heavy atom. The molecule has 1 rings (SSSR count). The number of nitrogens with two attached hydrogens (primary N) is 1. The molecule has 0 aliphatic carbocycles. The number of carbonyl (C=O) groups is 1. The molecule has 0 saturated carbocycles. The fourth-order valence-electron chi connectivity index (χ4n) is 1.22. The van der Waals surface area contributed by atoms with Gasteiger partial charge in [0.1, 0.15) is 6.04 Å². The minimum absolute atomic E-state index is 0.203. The van der Waals surface area contributed by atoms with E-state index in [1.54, 1.807) is 6.92 Å². The first-order valence-electron chi connectivity index (χ1n) is 5.08. The van der Waals surface area contributed by atoms with Crippen LogP contribution in [0.3, 0.4) is 0 Å². The van der Waals surface area contributed by atoms with E-state index < -0.39 is 6.04 Å². The van der Waals surface area contributed by atoms with Crippen LogP contribution in [0.5, 0.6) is 0 Å². The maximum Gasteiger partial charge on any atom is 0.322 e. The molecule has 0 aliphatic heterocycles. The third kappa shape index (κ3) is 3.72. The van der Waals surface area contributed by atoms with E-state index in [2.05, 4.69) is 0 Å². The van der Waals surface area contributed by atoms with Crippen LogP contribution in [0.1, 0.15) is 25.3 Å². The van der Waals surface area contributed by atoms with Gasteiger partial charge in [-0.05, 0) is 12.5 Å². The summed E-state index contributed by atoms with van der Waals surface area (Å²) in [5.74, 6) is -0.147. The highest BCUT2D eigenvalue weighted by Gasteiger charge is 2.11. The van der Waals surface area contributed by atoms with E-state index in [1.165, 1.54) is 0 Å². The highest BCUT2D eigenvalue weighted by molar-refractivity contribution is 5.74. The van der Waals surface area contributed by atoms with Crippen LogP contribution in [0.4, 0.5) is 0 Å². The number of hydrogen-bond acceptors (Lipinski definition) is 3. The summed E-state index contributed by atoms with van der Waals surface area (Å²) >= 11 is 0. The van der Waals surface area contributed by atoms with Gasteiger partial charge in [-0.1, -0.05) is 37.3 Å². The van der Waals surface area contributed by atoms with Gasteiger partial charge in [-0.25, -0.2) is 0 Å². The fourth-order valence-corrected chi connectivity index (χ4v) is 1.22. The molecule has 0 fully saturated rings. The summed E-state index contributed by atoms with van der Waals surface area (Å²) in [5, 5.41) is 0. The lowest BCUT2D eigenvalue weighted by molar-refractivity contribution is -0.145. The van der Waals surface area contributed by atoms with Crippen molar-refractivity contribution in [1.29, 1.82) is 0 Å². The minimum atomic E-state index is -0.548. The molecule has 0 aliphatic rings. The number of benzene rings is 1. The summed E-state index contributed by atoms with van der Waals surface area (Å²) in [5.41, 5.74) is 6.55. The van der Waals surface area contributed by atoms with Crippen LogP contribution in [0.25, 0.3) is 0 Å². The maximum absolute atomic E-state index is 11.1. The van der Waals surface area contributed by atoms with Crippen molar-refractivity contribution in [3.63, 3.8) is 0 Å². The molecular formula is C12H17NO2. The fraction of sp³-hybridized carbons (Fsp3) is 0.417. The van der Waals surface area contributed by atoms with Gasteiger partial charge in [-0.15, -0.1) is 0 Å². The Morgan fingerprint density at radius 2 is 1.93 bits per heavy atom. The molecule has 0 aromatic heterocycles. The van der Waals surface area contributed by atoms with E-state index in [0.29, 0.717) is 6.61 Å². The second-order valence-electron chi connectivity index (χ2n) is 3.73. The Kier molecular flexibility index (Phi) is 4.31. The van der Waals surface area contributed by atoms with Crippen LogP contribution in [0, 0.1) is 0 Å². The van der Waals surface area contributed by atoms with Gasteiger partial charge in [0.25, 0.3) is 0 Å². The van der Waals surface area contributed by atoms with Gasteiger partial charge in [-0.2, -0.15) is 0 Å². The van der Waals surface area contributed by atoms with Crippen LogP contribution < -0.4 is 5.73 Å². The Labute approximate surface area is 90.2 Å². The van der Waals surface area contributed by atoms with Crippen molar-refractivity contribution in [2.75, 3.05) is 6.61 Å². The zero-order valence-corrected chi connectivity index (χ0v) is 9.14. The van der Waals surface area contributed by atoms with E-state index in [0.717, 1.165) is 5.56 Å². The van der Waals surface area contributed by atoms with E-state index in [4.69, 9.17) is 10.5 Å². The van der Waals surface area contributed by atoms with Crippen LogP contribution in [-0.4, -0.2) is 18.6 Å². The molecule has 0 spiro atoms. The molecule has 1 unspecified atom stereocenters. The largest absolute Gasteiger partial charge is 0.464 e. The monoisotopic (exact) mass is 207 g/mol. The highest BCUT2D eigenvalue weighted by atomic mass is 16.5. The zero-order valence-electron chi connectivity index (χ0n) is 9.14. The van der Waals surface area contributed by atoms with Gasteiger partial charge < -0.3 is 10.5 Å². The molecule has 0 saturated heterocycles. The molecule has 3 nitrogen and oxygen atoms in total. The second-order valence-corrected chi connectivity index (χ2v) is 3.73. The van der Waals surface area contributed by atoms with Crippen molar-refractivity contribution in [3.8, 4) is 0 Å². The van der Waals surface area contributed by atoms with E-state index in [-0.39, 0.29) is 11.9 Å². The molecule has 0 bridgehead atoms. The van der Waals surface area contributed by atoms with E-state index >= 15 is 0 Å². The number of ether oxygens (including phenoxy) is 1. The molecule has 0 heterocycles. The van der Waals surface area contributed by atoms with E-state index in [1.807, 2.05) is 37.3 Å². The SMILES string of the molecule is CC(COC(=O)[C@H](C)N)c1ccccc1. The molecule has 0 amide bonds. The minimum Gasteiger partial charge on any atom is -0.464 e. The van der Waals surface area contributed by atoms with Gasteiger partial charge in [0.05, 0.1) is 6.61 Å². The first kappa shape index (κ1) is 11.7. The van der Waals surface area contributed by atoms with Crippen molar-refractivity contribution < 1.29 is 9.53 Å². The van der Waals surface area contributed by atoms with Crippen LogP contribution in [0.2, 0.25) is 0 Å². The summed E-state index contributed by atoms with van der Waals surface area (Å²) in [7, 11) is 0. The van der Waals surface area contributed by atoms with Crippen molar-refractivity contribution in [2.24, 2.45) is 5.73 Å². The van der Waals surface area contributed by atoms with Crippen LogP contribution in [-0.2, 0) is 9.53 Å². The predicted molar refractivity (Wildman–Crippen MR) is 59.5 cm³/mol. The number of hydrogen-bond donors (Lipinski definition) is 1. The third-order valence-corrected chi connectivity index (χ3v) is 2.22. The molecule has 0 radical (unpaired) electrons. The Bertz CT molecular complexity index is 309. The van der Waals surface area contributed by atoms with Gasteiger partial charge in [0.2, 0.25) is 0 Å². The van der Waals surface area contributed by atoms with Crippen molar-refractivity contribution >= 4 is 5.97 Å². The molecule has 1 aromatic carbocycles. The number of rotatable bonds is 4. The van der Waals surface area contributed by atoms with Crippen molar-refractivity contribution in [3.05, 3.63) is 35.9 Å². The van der Waals surface area contributed by atoms with Gasteiger partial charge in [-0.3, -0.25) is 4.79 Å². The molecule has 3 heteroatoms. The third-order valence-electron chi connectivity index (χ3n) is 2.22. The smallest absolute Gasteiger partial charge is 0.322 e. The first-order chi connectivity index (χ1) is 7.11. The average molecular weight is 207 g/mol. The lowest BCUT2D eigenvalue weighted by Gasteiger charge is -2.13. The summed E-state index contributed by atoms with van der Waals surface area (Å²) in [4.78, 5) is 11.1. The lowest BCUT2D eigenvalue weighted by atomic mass is 10.0. The second kappa shape index (κ2) is 5.51. The molecule has 2 N–H and O–H groups in total. The predicted octanol–water partition coefficient (Wildman–Crippen LogP) is 1.68. The normalized spacial score (nSPS) is 14.3. The highest BCUT2D eigenvalue weighted by Crippen LogP contribution is 2.14. The summed E-state index contributed by atoms with van der Waals surface area (Å²) < 4.78 is 5.06. The Balaban J connectivity index is 2.44. The number of esters is 1. The molecular weight excluding hydrogens is 190 g/mol. The molecule has 82 valence electrons. The molecule has 1 aromatic rings. The first-order valence-corrected chi connectivity index (χ1v) is 5.08. The van der Waals surface area contributed by atoms with Gasteiger partial charge in [0.15, 0.2) is 0 Å². The molecule has 2 atom stereocenters. The topological polar surface area (TPSA) is 52.3 Å². The quantitative estimate of drug-likeness (QED) is 0.764.